The van der Waals surface area contributed by atoms with E-state index in [2.05, 4.69) is 0 Å². The van der Waals surface area contributed by atoms with Crippen LogP contribution in [0.15, 0.2) is 11.6 Å². The van der Waals surface area contributed by atoms with Gasteiger partial charge in [-0.3, -0.25) is 16.3 Å². The SMILES string of the molecule is CC(=[OH+])C(N)(N)C1=CC1. The first-order valence-corrected chi connectivity index (χ1v) is 2.85. The summed E-state index contributed by atoms with van der Waals surface area (Å²) in [4.78, 5) is 8.92. The zero-order chi connectivity index (χ0) is 7.07. The molecule has 0 aromatic heterocycles. The zero-order valence-electron chi connectivity index (χ0n) is 5.39. The van der Waals surface area contributed by atoms with Gasteiger partial charge in [-0.25, -0.2) is 0 Å². The van der Waals surface area contributed by atoms with E-state index in [-0.39, 0.29) is 5.78 Å². The normalized spacial score (nSPS) is 17.0. The Kier molecular flexibility index (Phi) is 1.18. The lowest BCUT2D eigenvalue weighted by molar-refractivity contribution is 0.582. The summed E-state index contributed by atoms with van der Waals surface area (Å²) in [6, 6.07) is 0. The fourth-order valence-electron chi connectivity index (χ4n) is 0.621. The summed E-state index contributed by atoms with van der Waals surface area (Å²) in [6.07, 6.45) is 2.74. The number of hydrogen-bond donors (Lipinski definition) is 2. The van der Waals surface area contributed by atoms with Gasteiger partial charge in [0, 0.05) is 0 Å². The molecule has 0 aromatic carbocycles. The molecule has 1 aliphatic rings. The topological polar surface area (TPSA) is 73.4 Å². The molecule has 0 saturated carbocycles. The maximum Gasteiger partial charge on any atom is 0.328 e. The third kappa shape index (κ3) is 1.01. The van der Waals surface area contributed by atoms with Crippen LogP contribution in [0.25, 0.3) is 0 Å². The average Bonchev–Trinajstić information content (AvgIpc) is 2.42. The van der Waals surface area contributed by atoms with E-state index in [1.807, 2.05) is 6.08 Å². The predicted octanol–water partition coefficient (Wildman–Crippen LogP) is -0.505. The van der Waals surface area contributed by atoms with E-state index in [4.69, 9.17) is 16.3 Å². The Balaban J connectivity index is 2.71. The van der Waals surface area contributed by atoms with Crippen LogP contribution in [0.3, 0.4) is 0 Å². The van der Waals surface area contributed by atoms with Crippen molar-refractivity contribution in [2.24, 2.45) is 11.5 Å². The van der Waals surface area contributed by atoms with Crippen LogP contribution in [0, 0.1) is 0 Å². The predicted molar refractivity (Wildman–Crippen MR) is 36.4 cm³/mol. The van der Waals surface area contributed by atoms with Crippen molar-refractivity contribution in [3.05, 3.63) is 11.6 Å². The molecule has 0 amide bonds. The lowest BCUT2D eigenvalue weighted by atomic mass is 10.1. The summed E-state index contributed by atoms with van der Waals surface area (Å²) in [5.74, 6) is 0.0752. The van der Waals surface area contributed by atoms with Crippen LogP contribution in [-0.4, -0.2) is 16.2 Å². The van der Waals surface area contributed by atoms with Gasteiger partial charge in [0.1, 0.15) is 0 Å². The Morgan fingerprint density at radius 3 is 2.33 bits per heavy atom. The molecule has 1 rings (SSSR count). The maximum absolute atomic E-state index is 8.92. The largest absolute Gasteiger partial charge is 0.328 e. The molecule has 5 N–H and O–H groups in total. The third-order valence-corrected chi connectivity index (χ3v) is 1.54. The second-order valence-corrected chi connectivity index (χ2v) is 2.39. The van der Waals surface area contributed by atoms with Gasteiger partial charge in [0.15, 0.2) is 5.66 Å². The van der Waals surface area contributed by atoms with Crippen molar-refractivity contribution in [3.8, 4) is 0 Å². The van der Waals surface area contributed by atoms with E-state index in [0.717, 1.165) is 12.0 Å². The van der Waals surface area contributed by atoms with Crippen LogP contribution < -0.4 is 11.5 Å². The number of rotatable bonds is 2. The molecule has 3 nitrogen and oxygen atoms in total. The summed E-state index contributed by atoms with van der Waals surface area (Å²) in [5.41, 5.74) is 10.8. The lowest BCUT2D eigenvalue weighted by Crippen LogP contribution is -2.55. The van der Waals surface area contributed by atoms with Gasteiger partial charge < -0.3 is 0 Å². The number of hydrogen-bond acceptors (Lipinski definition) is 2. The van der Waals surface area contributed by atoms with Crippen molar-refractivity contribution in [2.45, 2.75) is 19.0 Å². The van der Waals surface area contributed by atoms with Crippen LogP contribution in [-0.2, 0) is 0 Å². The molecular formula is C6H11N2O+. The van der Waals surface area contributed by atoms with Crippen LogP contribution in [0.4, 0.5) is 0 Å². The van der Waals surface area contributed by atoms with Gasteiger partial charge in [0.25, 0.3) is 0 Å². The van der Waals surface area contributed by atoms with E-state index in [1.165, 1.54) is 6.92 Å². The standard InChI is InChI=1S/C6H10N2O/c1-4(9)6(7,8)5-2-3-5/h2H,3,7-8H2,1H3/p+1. The second kappa shape index (κ2) is 1.65. The van der Waals surface area contributed by atoms with E-state index in [0.29, 0.717) is 0 Å². The number of carbonyl (C=O) groups excluding carboxylic acids is 1. The molecule has 0 saturated heterocycles. The van der Waals surface area contributed by atoms with Gasteiger partial charge in [-0.2, -0.15) is 0 Å². The quantitative estimate of drug-likeness (QED) is 0.298. The first-order valence-electron chi connectivity index (χ1n) is 2.85. The number of allylic oxidation sites excluding steroid dienone is 1. The van der Waals surface area contributed by atoms with Gasteiger partial charge >= 0.3 is 5.78 Å². The summed E-state index contributed by atoms with van der Waals surface area (Å²) in [5, 5.41) is 0. The van der Waals surface area contributed by atoms with E-state index in [1.54, 1.807) is 0 Å². The molecular weight excluding hydrogens is 116 g/mol. The fourth-order valence-corrected chi connectivity index (χ4v) is 0.621. The van der Waals surface area contributed by atoms with Gasteiger partial charge in [-0.05, 0) is 12.0 Å². The minimum atomic E-state index is -1.06. The molecule has 0 heterocycles. The zero-order valence-corrected chi connectivity index (χ0v) is 5.39. The van der Waals surface area contributed by atoms with E-state index >= 15 is 0 Å². The van der Waals surface area contributed by atoms with Gasteiger partial charge in [0.2, 0.25) is 0 Å². The molecule has 0 aromatic rings. The van der Waals surface area contributed by atoms with Crippen molar-refractivity contribution in [1.29, 1.82) is 0 Å². The smallest absolute Gasteiger partial charge is 0.299 e. The Bertz CT molecular complexity index is 177. The van der Waals surface area contributed by atoms with Crippen molar-refractivity contribution in [1.82, 2.24) is 0 Å². The summed E-state index contributed by atoms with van der Waals surface area (Å²) >= 11 is 0. The van der Waals surface area contributed by atoms with Crippen LogP contribution >= 0.6 is 0 Å². The molecule has 0 radical (unpaired) electrons. The molecule has 0 unspecified atom stereocenters. The van der Waals surface area contributed by atoms with Crippen LogP contribution in [0.1, 0.15) is 13.3 Å². The van der Waals surface area contributed by atoms with Crippen molar-refractivity contribution in [3.63, 3.8) is 0 Å². The Hall–Kier alpha value is -0.670. The van der Waals surface area contributed by atoms with Crippen molar-refractivity contribution in [2.75, 3.05) is 0 Å². The Labute approximate surface area is 53.7 Å². The third-order valence-electron chi connectivity index (χ3n) is 1.54. The van der Waals surface area contributed by atoms with Crippen molar-refractivity contribution < 1.29 is 4.79 Å². The fraction of sp³-hybridized carbons (Fsp3) is 0.500. The lowest BCUT2D eigenvalue weighted by Gasteiger charge is -2.12. The molecule has 3 heteroatoms. The molecule has 9 heavy (non-hydrogen) atoms. The summed E-state index contributed by atoms with van der Waals surface area (Å²) < 4.78 is 0. The monoisotopic (exact) mass is 127 g/mol. The average molecular weight is 127 g/mol. The highest BCUT2D eigenvalue weighted by atomic mass is 16.1. The van der Waals surface area contributed by atoms with Crippen molar-refractivity contribution >= 4 is 5.78 Å². The minimum absolute atomic E-state index is 0.0752. The Morgan fingerprint density at radius 2 is 2.22 bits per heavy atom. The highest BCUT2D eigenvalue weighted by molar-refractivity contribution is 5.90. The van der Waals surface area contributed by atoms with E-state index in [9.17, 15) is 0 Å². The summed E-state index contributed by atoms with van der Waals surface area (Å²) in [6.45, 7) is 1.51. The maximum atomic E-state index is 8.92. The van der Waals surface area contributed by atoms with Gasteiger partial charge in [-0.15, -0.1) is 0 Å². The van der Waals surface area contributed by atoms with Gasteiger partial charge in [-0.1, -0.05) is 6.08 Å². The van der Waals surface area contributed by atoms with Gasteiger partial charge in [0.05, 0.1) is 6.92 Å². The van der Waals surface area contributed by atoms with Crippen LogP contribution in [0.5, 0.6) is 0 Å². The molecule has 0 fully saturated rings. The molecule has 0 aliphatic heterocycles. The Morgan fingerprint density at radius 1 is 1.78 bits per heavy atom. The highest BCUT2D eigenvalue weighted by Crippen LogP contribution is 2.26. The first-order chi connectivity index (χ1) is 4.05. The molecule has 50 valence electrons. The second-order valence-electron chi connectivity index (χ2n) is 2.39. The highest BCUT2D eigenvalue weighted by Gasteiger charge is 2.38. The molecule has 0 bridgehead atoms. The van der Waals surface area contributed by atoms with E-state index < -0.39 is 5.66 Å². The molecule has 0 atom stereocenters. The summed E-state index contributed by atoms with van der Waals surface area (Å²) in [7, 11) is 0. The minimum Gasteiger partial charge on any atom is -0.299 e. The molecule has 1 aliphatic carbocycles. The number of ketones is 1. The molecule has 0 spiro atoms. The van der Waals surface area contributed by atoms with Crippen LogP contribution in [0.2, 0.25) is 0 Å². The first kappa shape index (κ1) is 6.45. The number of nitrogens with two attached hydrogens (primary N) is 2.